The summed E-state index contributed by atoms with van der Waals surface area (Å²) in [4.78, 5) is 3.98. The quantitative estimate of drug-likeness (QED) is 0.899. The maximum Gasteiger partial charge on any atom is 0.162 e. The average Bonchev–Trinajstić information content (AvgIpc) is 2.43. The molecule has 2 aromatic rings. The highest BCUT2D eigenvalue weighted by Crippen LogP contribution is 2.15. The highest BCUT2D eigenvalue weighted by molar-refractivity contribution is 5.19. The van der Waals surface area contributed by atoms with Gasteiger partial charge in [0.2, 0.25) is 0 Å². The van der Waals surface area contributed by atoms with Crippen molar-refractivity contribution in [3.05, 3.63) is 65.5 Å². The number of aryl methyl sites for hydroxylation is 1. The minimum Gasteiger partial charge on any atom is -0.393 e. The largest absolute Gasteiger partial charge is 0.393 e. The van der Waals surface area contributed by atoms with Crippen molar-refractivity contribution >= 4 is 0 Å². The number of hydrogen-bond acceptors (Lipinski definition) is 2. The van der Waals surface area contributed by atoms with Crippen LogP contribution in [0, 0.1) is 11.6 Å². The summed E-state index contributed by atoms with van der Waals surface area (Å²) in [5.74, 6) is -1.75. The van der Waals surface area contributed by atoms with Gasteiger partial charge in [0.05, 0.1) is 6.10 Å². The topological polar surface area (TPSA) is 33.1 Å². The van der Waals surface area contributed by atoms with Gasteiger partial charge in [0.15, 0.2) is 11.6 Å². The first kappa shape index (κ1) is 13.6. The number of aliphatic hydroxyl groups excluding tert-OH is 1. The summed E-state index contributed by atoms with van der Waals surface area (Å²) in [6, 6.07) is 7.75. The SMILES string of the molecule is OC(CCc1cccnc1)Cc1cccc(F)c1F. The average molecular weight is 263 g/mol. The smallest absolute Gasteiger partial charge is 0.162 e. The lowest BCUT2D eigenvalue weighted by Gasteiger charge is -2.11. The second-order valence-electron chi connectivity index (χ2n) is 4.47. The van der Waals surface area contributed by atoms with Gasteiger partial charge in [-0.25, -0.2) is 8.78 Å². The molecule has 19 heavy (non-hydrogen) atoms. The van der Waals surface area contributed by atoms with Crippen molar-refractivity contribution in [1.82, 2.24) is 4.98 Å². The number of pyridine rings is 1. The first-order valence-corrected chi connectivity index (χ1v) is 6.16. The third-order valence-electron chi connectivity index (χ3n) is 2.98. The van der Waals surface area contributed by atoms with Crippen LogP contribution in [0.1, 0.15) is 17.5 Å². The van der Waals surface area contributed by atoms with E-state index >= 15 is 0 Å². The van der Waals surface area contributed by atoms with Crippen molar-refractivity contribution in [2.45, 2.75) is 25.4 Å². The molecule has 2 nitrogen and oxygen atoms in total. The molecule has 1 unspecified atom stereocenters. The van der Waals surface area contributed by atoms with Gasteiger partial charge in [0.1, 0.15) is 0 Å². The molecule has 0 bridgehead atoms. The van der Waals surface area contributed by atoms with Crippen LogP contribution in [0.25, 0.3) is 0 Å². The third-order valence-corrected chi connectivity index (χ3v) is 2.98. The van der Waals surface area contributed by atoms with E-state index in [1.165, 1.54) is 12.1 Å². The molecule has 0 fully saturated rings. The Hall–Kier alpha value is -1.81. The summed E-state index contributed by atoms with van der Waals surface area (Å²) in [6.45, 7) is 0. The highest BCUT2D eigenvalue weighted by atomic mass is 19.2. The van der Waals surface area contributed by atoms with Crippen molar-refractivity contribution in [2.75, 3.05) is 0 Å². The summed E-state index contributed by atoms with van der Waals surface area (Å²) in [5, 5.41) is 9.87. The number of aliphatic hydroxyl groups is 1. The van der Waals surface area contributed by atoms with Crippen molar-refractivity contribution in [3.8, 4) is 0 Å². The van der Waals surface area contributed by atoms with E-state index in [4.69, 9.17) is 0 Å². The molecule has 0 spiro atoms. The first-order valence-electron chi connectivity index (χ1n) is 6.16. The Kier molecular flexibility index (Phi) is 4.58. The summed E-state index contributed by atoms with van der Waals surface area (Å²) in [7, 11) is 0. The highest BCUT2D eigenvalue weighted by Gasteiger charge is 2.12. The van der Waals surface area contributed by atoms with Crippen LogP contribution in [-0.4, -0.2) is 16.2 Å². The molecule has 0 aliphatic heterocycles. The molecule has 0 saturated heterocycles. The molecule has 0 aliphatic rings. The van der Waals surface area contributed by atoms with Gasteiger partial charge < -0.3 is 5.11 Å². The monoisotopic (exact) mass is 263 g/mol. The fourth-order valence-electron chi connectivity index (χ4n) is 1.94. The number of halogens is 2. The van der Waals surface area contributed by atoms with Crippen LogP contribution in [0.15, 0.2) is 42.7 Å². The lowest BCUT2D eigenvalue weighted by molar-refractivity contribution is 0.163. The van der Waals surface area contributed by atoms with Crippen LogP contribution in [0.4, 0.5) is 8.78 Å². The first-order chi connectivity index (χ1) is 9.16. The molecular weight excluding hydrogens is 248 g/mol. The van der Waals surface area contributed by atoms with Crippen LogP contribution >= 0.6 is 0 Å². The van der Waals surface area contributed by atoms with E-state index in [2.05, 4.69) is 4.98 Å². The van der Waals surface area contributed by atoms with Crippen LogP contribution in [-0.2, 0) is 12.8 Å². The molecular formula is C15H15F2NO. The van der Waals surface area contributed by atoms with Gasteiger partial charge in [0, 0.05) is 18.8 Å². The predicted molar refractivity (Wildman–Crippen MR) is 68.6 cm³/mol. The second kappa shape index (κ2) is 6.38. The number of hydrogen-bond donors (Lipinski definition) is 1. The van der Waals surface area contributed by atoms with E-state index < -0.39 is 17.7 Å². The minimum absolute atomic E-state index is 0.115. The third kappa shape index (κ3) is 3.83. The minimum atomic E-state index is -0.878. The van der Waals surface area contributed by atoms with E-state index in [9.17, 15) is 13.9 Å². The number of rotatable bonds is 5. The maximum atomic E-state index is 13.4. The molecule has 100 valence electrons. The molecule has 0 radical (unpaired) electrons. The fraction of sp³-hybridized carbons (Fsp3) is 0.267. The Bertz CT molecular complexity index is 531. The standard InChI is InChI=1S/C15H15F2NO/c16-14-5-1-4-12(15(14)17)9-13(19)7-6-11-3-2-8-18-10-11/h1-5,8,10,13,19H,6-7,9H2. The molecule has 1 heterocycles. The molecule has 1 atom stereocenters. The Labute approximate surface area is 110 Å². The lowest BCUT2D eigenvalue weighted by Crippen LogP contribution is -2.13. The van der Waals surface area contributed by atoms with E-state index in [1.807, 2.05) is 12.1 Å². The van der Waals surface area contributed by atoms with Crippen molar-refractivity contribution in [3.63, 3.8) is 0 Å². The predicted octanol–water partition coefficient (Wildman–Crippen LogP) is 2.90. The summed E-state index contributed by atoms with van der Waals surface area (Å²) >= 11 is 0. The second-order valence-corrected chi connectivity index (χ2v) is 4.47. The van der Waals surface area contributed by atoms with E-state index in [0.29, 0.717) is 12.8 Å². The van der Waals surface area contributed by atoms with Gasteiger partial charge in [-0.3, -0.25) is 4.98 Å². The van der Waals surface area contributed by atoms with Gasteiger partial charge in [-0.05, 0) is 36.1 Å². The normalized spacial score (nSPS) is 12.4. The Balaban J connectivity index is 1.91. The lowest BCUT2D eigenvalue weighted by atomic mass is 10.0. The van der Waals surface area contributed by atoms with Crippen LogP contribution < -0.4 is 0 Å². The molecule has 0 saturated carbocycles. The zero-order chi connectivity index (χ0) is 13.7. The number of aromatic nitrogens is 1. The van der Waals surface area contributed by atoms with E-state index in [0.717, 1.165) is 11.6 Å². The summed E-state index contributed by atoms with van der Waals surface area (Å²) < 4.78 is 26.4. The summed E-state index contributed by atoms with van der Waals surface area (Å²) in [6.07, 6.45) is 3.98. The Morgan fingerprint density at radius 1 is 1.16 bits per heavy atom. The molecule has 4 heteroatoms. The van der Waals surface area contributed by atoms with Crippen molar-refractivity contribution in [2.24, 2.45) is 0 Å². The maximum absolute atomic E-state index is 13.4. The molecule has 1 aromatic carbocycles. The van der Waals surface area contributed by atoms with E-state index in [-0.39, 0.29) is 12.0 Å². The van der Waals surface area contributed by atoms with Crippen molar-refractivity contribution in [1.29, 1.82) is 0 Å². The van der Waals surface area contributed by atoms with Gasteiger partial charge in [-0.1, -0.05) is 18.2 Å². The Morgan fingerprint density at radius 2 is 2.00 bits per heavy atom. The molecule has 1 N–H and O–H groups in total. The Morgan fingerprint density at radius 3 is 2.74 bits per heavy atom. The van der Waals surface area contributed by atoms with Crippen molar-refractivity contribution < 1.29 is 13.9 Å². The van der Waals surface area contributed by atoms with Gasteiger partial charge in [-0.15, -0.1) is 0 Å². The molecule has 1 aromatic heterocycles. The zero-order valence-corrected chi connectivity index (χ0v) is 10.4. The molecule has 0 aliphatic carbocycles. The number of nitrogens with zero attached hydrogens (tertiary/aromatic N) is 1. The number of benzene rings is 1. The van der Waals surface area contributed by atoms with Crippen LogP contribution in [0.3, 0.4) is 0 Å². The van der Waals surface area contributed by atoms with Crippen LogP contribution in [0.5, 0.6) is 0 Å². The van der Waals surface area contributed by atoms with Crippen LogP contribution in [0.2, 0.25) is 0 Å². The molecule has 0 amide bonds. The zero-order valence-electron chi connectivity index (χ0n) is 10.4. The van der Waals surface area contributed by atoms with Gasteiger partial charge in [0.25, 0.3) is 0 Å². The fourth-order valence-corrected chi connectivity index (χ4v) is 1.94. The molecule has 2 rings (SSSR count). The van der Waals surface area contributed by atoms with Gasteiger partial charge >= 0.3 is 0 Å². The van der Waals surface area contributed by atoms with Gasteiger partial charge in [-0.2, -0.15) is 0 Å². The van der Waals surface area contributed by atoms with E-state index in [1.54, 1.807) is 12.4 Å². The summed E-state index contributed by atoms with van der Waals surface area (Å²) in [5.41, 5.74) is 1.22.